The fourth-order valence-electron chi connectivity index (χ4n) is 0.415. The second-order valence-corrected chi connectivity index (χ2v) is 2.21. The van der Waals surface area contributed by atoms with E-state index >= 15 is 0 Å². The summed E-state index contributed by atoms with van der Waals surface area (Å²) in [5.74, 6) is 0. The molecule has 0 fully saturated rings. The molecule has 0 aliphatic heterocycles. The van der Waals surface area contributed by atoms with Gasteiger partial charge in [-0.15, -0.1) is 0 Å². The number of hydrogen-bond acceptors (Lipinski definition) is 0. The molecule has 1 rings (SSSR count). The van der Waals surface area contributed by atoms with E-state index in [0.717, 1.165) is 4.47 Å². The summed E-state index contributed by atoms with van der Waals surface area (Å²) in [5.41, 5.74) is 0. The molecule has 0 aliphatic rings. The summed E-state index contributed by atoms with van der Waals surface area (Å²) >= 11 is 3.31. The van der Waals surface area contributed by atoms with E-state index < -0.39 is 0 Å². The van der Waals surface area contributed by atoms with Crippen molar-refractivity contribution in [1.82, 2.24) is 0 Å². The summed E-state index contributed by atoms with van der Waals surface area (Å²) in [6.07, 6.45) is 0. The zero-order valence-electron chi connectivity index (χ0n) is 5.76. The van der Waals surface area contributed by atoms with E-state index in [1.807, 2.05) is 30.3 Å². The summed E-state index contributed by atoms with van der Waals surface area (Å²) in [6.45, 7) is 0. The van der Waals surface area contributed by atoms with Gasteiger partial charge in [-0.25, -0.2) is 0 Å². The molecular weight excluding hydrogens is 191 g/mol. The first-order valence-corrected chi connectivity index (χ1v) is 2.89. The van der Waals surface area contributed by atoms with E-state index in [-0.39, 0.29) is 52.8 Å². The fraction of sp³-hybridized carbons (Fsp3) is 0. The summed E-state index contributed by atoms with van der Waals surface area (Å²) in [7, 11) is 0. The molecule has 8 heavy (non-hydrogen) atoms. The van der Waals surface area contributed by atoms with Crippen LogP contribution in [0.25, 0.3) is 0 Å². The maximum Gasteiger partial charge on any atom is 1.00 e. The molecule has 0 nitrogen and oxygen atoms in total. The fourth-order valence-corrected chi connectivity index (χ4v) is 0.720. The van der Waals surface area contributed by atoms with Gasteiger partial charge in [0.05, 0.1) is 0 Å². The number of hydrogen-bond donors (Lipinski definition) is 0. The van der Waals surface area contributed by atoms with Crippen LogP contribution in [0.1, 0.15) is 1.43 Å². The average molecular weight is 197 g/mol. The second kappa shape index (κ2) is 5.15. The smallest absolute Gasteiger partial charge is 1.00 e. The molecule has 0 amide bonds. The van der Waals surface area contributed by atoms with Gasteiger partial charge in [-0.3, -0.25) is 0 Å². The maximum atomic E-state index is 3.31. The van der Waals surface area contributed by atoms with Crippen LogP contribution in [-0.2, 0) is 0 Å². The predicted molar refractivity (Wildman–Crippen MR) is 35.3 cm³/mol. The van der Waals surface area contributed by atoms with Crippen molar-refractivity contribution in [1.29, 1.82) is 0 Å². The van der Waals surface area contributed by atoms with Gasteiger partial charge in [0, 0.05) is 4.47 Å². The van der Waals surface area contributed by atoms with Crippen molar-refractivity contribution in [2.24, 2.45) is 0 Å². The van der Waals surface area contributed by atoms with Gasteiger partial charge in [0.25, 0.3) is 0 Å². The van der Waals surface area contributed by atoms with Gasteiger partial charge in [-0.1, -0.05) is 34.1 Å². The van der Waals surface area contributed by atoms with Crippen LogP contribution in [0.4, 0.5) is 0 Å². The molecule has 0 atom stereocenters. The van der Waals surface area contributed by atoms with Gasteiger partial charge >= 0.3 is 51.4 Å². The Morgan fingerprint density at radius 1 is 1.12 bits per heavy atom. The van der Waals surface area contributed by atoms with Crippen LogP contribution in [0.3, 0.4) is 0 Å². The largest absolute Gasteiger partial charge is 1.00 e. The van der Waals surface area contributed by atoms with Crippen LogP contribution in [0.5, 0.6) is 0 Å². The Hall–Kier alpha value is 1.34. The van der Waals surface area contributed by atoms with E-state index in [0.29, 0.717) is 0 Å². The standard InChI is InChI=1S/C6H5Br.K.H/c7-6-4-2-1-3-5-6;;/h1-5H;;/q;+1;-1. The molecule has 0 spiro atoms. The zero-order chi connectivity index (χ0) is 5.11. The van der Waals surface area contributed by atoms with Crippen molar-refractivity contribution in [3.8, 4) is 0 Å². The average Bonchev–Trinajstić information content (AvgIpc) is 1.69. The molecule has 1 aromatic rings. The number of halogens is 1. The molecule has 0 unspecified atom stereocenters. The van der Waals surface area contributed by atoms with Crippen molar-refractivity contribution in [2.75, 3.05) is 0 Å². The van der Waals surface area contributed by atoms with E-state index in [4.69, 9.17) is 0 Å². The zero-order valence-corrected chi connectivity index (χ0v) is 9.47. The minimum absolute atomic E-state index is 0. The third-order valence-corrected chi connectivity index (χ3v) is 1.26. The first-order valence-electron chi connectivity index (χ1n) is 2.10. The molecule has 0 saturated carbocycles. The number of rotatable bonds is 0. The molecular formula is C6H6BrK. The summed E-state index contributed by atoms with van der Waals surface area (Å²) in [5, 5.41) is 0. The molecule has 0 bridgehead atoms. The Bertz CT molecular complexity index is 143. The Morgan fingerprint density at radius 3 is 1.88 bits per heavy atom. The van der Waals surface area contributed by atoms with Gasteiger partial charge < -0.3 is 1.43 Å². The number of benzene rings is 1. The monoisotopic (exact) mass is 196 g/mol. The van der Waals surface area contributed by atoms with Crippen molar-refractivity contribution in [3.05, 3.63) is 34.8 Å². The van der Waals surface area contributed by atoms with E-state index in [2.05, 4.69) is 15.9 Å². The van der Waals surface area contributed by atoms with Crippen molar-refractivity contribution in [3.63, 3.8) is 0 Å². The van der Waals surface area contributed by atoms with Gasteiger partial charge in [0.15, 0.2) is 0 Å². The molecule has 0 heterocycles. The van der Waals surface area contributed by atoms with E-state index in [1.165, 1.54) is 0 Å². The van der Waals surface area contributed by atoms with Crippen LogP contribution >= 0.6 is 15.9 Å². The SMILES string of the molecule is Brc1ccccc1.[H-].[K+]. The third-order valence-electron chi connectivity index (χ3n) is 0.733. The van der Waals surface area contributed by atoms with Crippen LogP contribution in [0.15, 0.2) is 34.8 Å². The molecule has 38 valence electrons. The van der Waals surface area contributed by atoms with Gasteiger partial charge in [0.1, 0.15) is 0 Å². The van der Waals surface area contributed by atoms with Crippen LogP contribution in [-0.4, -0.2) is 0 Å². The van der Waals surface area contributed by atoms with Crippen LogP contribution in [0.2, 0.25) is 0 Å². The molecule has 0 aromatic heterocycles. The Balaban J connectivity index is 0. The summed E-state index contributed by atoms with van der Waals surface area (Å²) in [4.78, 5) is 0. The minimum atomic E-state index is 0. The van der Waals surface area contributed by atoms with Crippen molar-refractivity contribution in [2.45, 2.75) is 0 Å². The quantitative estimate of drug-likeness (QED) is 0.495. The van der Waals surface area contributed by atoms with Crippen LogP contribution < -0.4 is 51.4 Å². The van der Waals surface area contributed by atoms with Gasteiger partial charge in [-0.2, -0.15) is 0 Å². The Labute approximate surface area is 102 Å². The molecule has 0 radical (unpaired) electrons. The van der Waals surface area contributed by atoms with Gasteiger partial charge in [-0.05, 0) is 12.1 Å². The Kier molecular flexibility index (Phi) is 6.01. The van der Waals surface area contributed by atoms with Crippen LogP contribution in [0, 0.1) is 0 Å². The molecule has 0 saturated heterocycles. The molecule has 0 N–H and O–H groups in total. The molecule has 0 aliphatic carbocycles. The second-order valence-electron chi connectivity index (χ2n) is 1.30. The Morgan fingerprint density at radius 2 is 1.62 bits per heavy atom. The summed E-state index contributed by atoms with van der Waals surface area (Å²) in [6, 6.07) is 9.97. The van der Waals surface area contributed by atoms with Crippen molar-refractivity contribution >= 4 is 15.9 Å². The van der Waals surface area contributed by atoms with E-state index in [9.17, 15) is 0 Å². The third kappa shape index (κ3) is 3.38. The molecule has 2 heteroatoms. The molecule has 1 aromatic carbocycles. The minimum Gasteiger partial charge on any atom is -1.00 e. The summed E-state index contributed by atoms with van der Waals surface area (Å²) < 4.78 is 1.13. The normalized spacial score (nSPS) is 7.62. The topological polar surface area (TPSA) is 0 Å². The van der Waals surface area contributed by atoms with E-state index in [1.54, 1.807) is 0 Å². The first kappa shape index (κ1) is 9.34. The maximum absolute atomic E-state index is 3.31. The first-order chi connectivity index (χ1) is 3.39. The predicted octanol–water partition coefficient (Wildman–Crippen LogP) is -0.434. The van der Waals surface area contributed by atoms with Gasteiger partial charge in [0.2, 0.25) is 0 Å². The van der Waals surface area contributed by atoms with Crippen molar-refractivity contribution < 1.29 is 52.8 Å².